The summed E-state index contributed by atoms with van der Waals surface area (Å²) in [5, 5.41) is 3.16. The van der Waals surface area contributed by atoms with Crippen LogP contribution in [-0.4, -0.2) is 86.8 Å². The Morgan fingerprint density at radius 2 is 1.81 bits per heavy atom. The highest BCUT2D eigenvalue weighted by Crippen LogP contribution is 2.46. The van der Waals surface area contributed by atoms with Gasteiger partial charge in [-0.2, -0.15) is 8.42 Å². The SMILES string of the molecule is C=CC(=O)N1CC(N2CCN(C(=O)CNc3cc(C4CC4)cc4c3NS(=O)(=O)N4)CC2)C1. The molecule has 1 saturated carbocycles. The number of piperazine rings is 1. The second kappa shape index (κ2) is 7.96. The third-order valence-corrected chi connectivity index (χ3v) is 7.61. The number of nitrogens with zero attached hydrogens (tertiary/aromatic N) is 3. The molecule has 32 heavy (non-hydrogen) atoms. The van der Waals surface area contributed by atoms with Crippen LogP contribution in [0.25, 0.3) is 0 Å². The normalized spacial score (nSPS) is 22.4. The summed E-state index contributed by atoms with van der Waals surface area (Å²) in [6.07, 6.45) is 3.54. The van der Waals surface area contributed by atoms with Crippen LogP contribution < -0.4 is 14.8 Å². The van der Waals surface area contributed by atoms with Crippen molar-refractivity contribution < 1.29 is 18.0 Å². The summed E-state index contributed by atoms with van der Waals surface area (Å²) in [6.45, 7) is 7.90. The van der Waals surface area contributed by atoms with Gasteiger partial charge in [0.2, 0.25) is 11.8 Å². The minimum Gasteiger partial charge on any atom is -0.374 e. The number of fused-ring (bicyclic) bond motifs is 1. The maximum Gasteiger partial charge on any atom is 0.321 e. The Labute approximate surface area is 187 Å². The molecule has 1 aliphatic carbocycles. The molecule has 11 heteroatoms. The minimum atomic E-state index is -3.60. The lowest BCUT2D eigenvalue weighted by Gasteiger charge is -2.47. The average Bonchev–Trinajstić information content (AvgIpc) is 3.53. The van der Waals surface area contributed by atoms with Gasteiger partial charge in [-0.3, -0.25) is 23.9 Å². The largest absolute Gasteiger partial charge is 0.374 e. The first-order valence-corrected chi connectivity index (χ1v) is 12.5. The molecule has 0 aromatic heterocycles. The first-order valence-electron chi connectivity index (χ1n) is 11.0. The Hall–Kier alpha value is -2.79. The Kier molecular flexibility index (Phi) is 5.25. The van der Waals surface area contributed by atoms with E-state index in [1.54, 1.807) is 4.90 Å². The number of hydrogen-bond donors (Lipinski definition) is 3. The van der Waals surface area contributed by atoms with E-state index < -0.39 is 10.2 Å². The minimum absolute atomic E-state index is 0.0129. The Morgan fingerprint density at radius 3 is 2.47 bits per heavy atom. The molecule has 10 nitrogen and oxygen atoms in total. The standard InChI is InChI=1S/C21H28N6O4S/c1-2-19(28)27-12-16(13-27)25-5-7-26(8-6-25)20(29)11-22-17-9-15(14-3-4-14)10-18-21(17)24-32(30,31)23-18/h2,9-10,14,16,22-24H,1,3-8,11-13H2. The zero-order valence-corrected chi connectivity index (χ0v) is 18.7. The molecule has 2 saturated heterocycles. The molecule has 0 radical (unpaired) electrons. The number of benzene rings is 1. The number of anilines is 3. The molecule has 0 unspecified atom stereocenters. The zero-order chi connectivity index (χ0) is 22.5. The van der Waals surface area contributed by atoms with Gasteiger partial charge in [0.15, 0.2) is 0 Å². The number of rotatable bonds is 6. The fraction of sp³-hybridized carbons (Fsp3) is 0.524. The maximum absolute atomic E-state index is 12.8. The Bertz CT molecular complexity index is 1060. The Morgan fingerprint density at radius 1 is 1.09 bits per heavy atom. The Balaban J connectivity index is 1.15. The molecular weight excluding hydrogens is 432 g/mol. The predicted octanol–water partition coefficient (Wildman–Crippen LogP) is 0.599. The molecule has 2 amide bonds. The lowest BCUT2D eigenvalue weighted by atomic mass is 10.1. The molecule has 1 aromatic rings. The van der Waals surface area contributed by atoms with Crippen molar-refractivity contribution in [2.75, 3.05) is 60.6 Å². The van der Waals surface area contributed by atoms with Crippen molar-refractivity contribution >= 4 is 39.1 Å². The van der Waals surface area contributed by atoms with Gasteiger partial charge < -0.3 is 15.1 Å². The van der Waals surface area contributed by atoms with E-state index in [1.807, 2.05) is 17.0 Å². The maximum atomic E-state index is 12.8. The lowest BCUT2D eigenvalue weighted by Crippen LogP contribution is -2.64. The van der Waals surface area contributed by atoms with E-state index in [0.717, 1.165) is 31.5 Å². The zero-order valence-electron chi connectivity index (χ0n) is 17.8. The van der Waals surface area contributed by atoms with Gasteiger partial charge >= 0.3 is 10.2 Å². The van der Waals surface area contributed by atoms with E-state index >= 15 is 0 Å². The van der Waals surface area contributed by atoms with Crippen LogP contribution in [0.2, 0.25) is 0 Å². The molecule has 3 heterocycles. The van der Waals surface area contributed by atoms with Crippen molar-refractivity contribution in [2.45, 2.75) is 24.8 Å². The molecule has 5 rings (SSSR count). The van der Waals surface area contributed by atoms with Crippen molar-refractivity contribution in [1.29, 1.82) is 0 Å². The first kappa shape index (κ1) is 21.1. The quantitative estimate of drug-likeness (QED) is 0.536. The van der Waals surface area contributed by atoms with Gasteiger partial charge in [-0.05, 0) is 42.5 Å². The topological polar surface area (TPSA) is 114 Å². The smallest absolute Gasteiger partial charge is 0.321 e. The number of likely N-dealkylation sites (tertiary alicyclic amines) is 1. The van der Waals surface area contributed by atoms with Crippen LogP contribution in [0.4, 0.5) is 17.1 Å². The molecule has 3 N–H and O–H groups in total. The predicted molar refractivity (Wildman–Crippen MR) is 122 cm³/mol. The van der Waals surface area contributed by atoms with Gasteiger partial charge in [-0.25, -0.2) is 0 Å². The number of amides is 2. The van der Waals surface area contributed by atoms with E-state index in [-0.39, 0.29) is 18.4 Å². The fourth-order valence-corrected chi connectivity index (χ4v) is 5.56. The summed E-state index contributed by atoms with van der Waals surface area (Å²) in [5.74, 6) is 0.413. The summed E-state index contributed by atoms with van der Waals surface area (Å²) in [5.41, 5.74) is 2.72. The molecule has 1 aromatic carbocycles. The lowest BCUT2D eigenvalue weighted by molar-refractivity contribution is -0.135. The van der Waals surface area contributed by atoms with Crippen LogP contribution in [-0.2, 0) is 19.8 Å². The highest BCUT2D eigenvalue weighted by Gasteiger charge is 2.36. The van der Waals surface area contributed by atoms with Crippen LogP contribution in [0.15, 0.2) is 24.8 Å². The third kappa shape index (κ3) is 4.14. The highest BCUT2D eigenvalue weighted by atomic mass is 32.2. The van der Waals surface area contributed by atoms with Gasteiger partial charge in [-0.1, -0.05) is 6.58 Å². The van der Waals surface area contributed by atoms with E-state index in [1.165, 1.54) is 6.08 Å². The molecular formula is C21H28N6O4S. The summed E-state index contributed by atoms with van der Waals surface area (Å²) >= 11 is 0. The first-order chi connectivity index (χ1) is 15.3. The van der Waals surface area contributed by atoms with Crippen LogP contribution in [0.5, 0.6) is 0 Å². The van der Waals surface area contributed by atoms with E-state index in [4.69, 9.17) is 0 Å². The van der Waals surface area contributed by atoms with E-state index in [0.29, 0.717) is 55.2 Å². The highest BCUT2D eigenvalue weighted by molar-refractivity contribution is 7.94. The molecule has 0 atom stereocenters. The van der Waals surface area contributed by atoms with E-state index in [9.17, 15) is 18.0 Å². The number of hydrogen-bond acceptors (Lipinski definition) is 6. The molecule has 4 aliphatic rings. The van der Waals surface area contributed by atoms with Crippen molar-refractivity contribution in [3.05, 3.63) is 30.4 Å². The summed E-state index contributed by atoms with van der Waals surface area (Å²) < 4.78 is 28.9. The van der Waals surface area contributed by atoms with Crippen molar-refractivity contribution in [3.63, 3.8) is 0 Å². The molecule has 3 aliphatic heterocycles. The second-order valence-corrected chi connectivity index (χ2v) is 10.3. The summed E-state index contributed by atoms with van der Waals surface area (Å²) in [7, 11) is -3.60. The molecule has 0 bridgehead atoms. The van der Waals surface area contributed by atoms with Crippen LogP contribution in [0, 0.1) is 0 Å². The molecule has 172 valence electrons. The van der Waals surface area contributed by atoms with Crippen molar-refractivity contribution in [1.82, 2.24) is 14.7 Å². The third-order valence-electron chi connectivity index (χ3n) is 6.65. The summed E-state index contributed by atoms with van der Waals surface area (Å²) in [4.78, 5) is 30.3. The van der Waals surface area contributed by atoms with Crippen LogP contribution in [0.3, 0.4) is 0 Å². The monoisotopic (exact) mass is 460 g/mol. The molecule has 3 fully saturated rings. The van der Waals surface area contributed by atoms with Gasteiger partial charge in [0.1, 0.15) is 0 Å². The van der Waals surface area contributed by atoms with Gasteiger partial charge in [0.05, 0.1) is 23.6 Å². The fourth-order valence-electron chi connectivity index (χ4n) is 4.57. The van der Waals surface area contributed by atoms with Gasteiger partial charge in [0, 0.05) is 45.3 Å². The van der Waals surface area contributed by atoms with Crippen LogP contribution in [0.1, 0.15) is 24.3 Å². The molecule has 0 spiro atoms. The number of carbonyl (C=O) groups excluding carboxylic acids is 2. The van der Waals surface area contributed by atoms with Crippen molar-refractivity contribution in [3.8, 4) is 0 Å². The average molecular weight is 461 g/mol. The van der Waals surface area contributed by atoms with Crippen molar-refractivity contribution in [2.24, 2.45) is 0 Å². The van der Waals surface area contributed by atoms with Crippen LogP contribution >= 0.6 is 0 Å². The van der Waals surface area contributed by atoms with Gasteiger partial charge in [-0.15, -0.1) is 0 Å². The number of carbonyl (C=O) groups is 2. The van der Waals surface area contributed by atoms with Gasteiger partial charge in [0.25, 0.3) is 0 Å². The van der Waals surface area contributed by atoms with E-state index in [2.05, 4.69) is 26.2 Å². The second-order valence-electron chi connectivity index (χ2n) is 8.84. The number of nitrogens with one attached hydrogen (secondary N) is 3. The summed E-state index contributed by atoms with van der Waals surface area (Å²) in [6, 6.07) is 4.17.